The van der Waals surface area contributed by atoms with Gasteiger partial charge in [-0.15, -0.1) is 11.3 Å². The first-order chi connectivity index (χ1) is 13.6. The Morgan fingerprint density at radius 2 is 1.96 bits per heavy atom. The van der Waals surface area contributed by atoms with E-state index in [0.717, 1.165) is 15.2 Å². The van der Waals surface area contributed by atoms with E-state index in [4.69, 9.17) is 16.3 Å². The predicted octanol–water partition coefficient (Wildman–Crippen LogP) is 3.81. The Kier molecular flexibility index (Phi) is 5.11. The van der Waals surface area contributed by atoms with Crippen molar-refractivity contribution in [2.24, 2.45) is 0 Å². The van der Waals surface area contributed by atoms with Crippen molar-refractivity contribution in [1.29, 1.82) is 0 Å². The smallest absolute Gasteiger partial charge is 0.311 e. The number of hydrogen-bond donors (Lipinski definition) is 0. The quantitative estimate of drug-likeness (QED) is 0.465. The van der Waals surface area contributed by atoms with E-state index < -0.39 is 0 Å². The van der Waals surface area contributed by atoms with Gasteiger partial charge in [-0.25, -0.2) is 9.67 Å². The molecule has 0 saturated heterocycles. The number of aromatic nitrogens is 3. The molecular formula is C20H16ClN3O3S. The fraction of sp³-hybridized carbons (Fsp3) is 0.200. The summed E-state index contributed by atoms with van der Waals surface area (Å²) in [6.45, 7) is 2.25. The van der Waals surface area contributed by atoms with Crippen LogP contribution in [-0.2, 0) is 22.5 Å². The lowest BCUT2D eigenvalue weighted by Crippen LogP contribution is -2.26. The molecule has 0 fully saturated rings. The molecule has 0 radical (unpaired) electrons. The van der Waals surface area contributed by atoms with Gasteiger partial charge in [0.1, 0.15) is 5.01 Å². The summed E-state index contributed by atoms with van der Waals surface area (Å²) in [5, 5.41) is 6.96. The number of esters is 1. The minimum absolute atomic E-state index is 0.000304. The van der Waals surface area contributed by atoms with Gasteiger partial charge in [0.25, 0.3) is 5.56 Å². The number of fused-ring (bicyclic) bond motifs is 2. The second-order valence-electron chi connectivity index (χ2n) is 6.13. The van der Waals surface area contributed by atoms with E-state index >= 15 is 0 Å². The Labute approximate surface area is 169 Å². The van der Waals surface area contributed by atoms with E-state index in [0.29, 0.717) is 28.1 Å². The Bertz CT molecular complexity index is 1250. The molecule has 142 valence electrons. The maximum Gasteiger partial charge on any atom is 0.311 e. The number of rotatable bonds is 5. The van der Waals surface area contributed by atoms with Gasteiger partial charge in [-0.3, -0.25) is 9.59 Å². The van der Waals surface area contributed by atoms with Crippen LogP contribution in [-0.4, -0.2) is 27.3 Å². The molecule has 0 N–H and O–H groups in total. The van der Waals surface area contributed by atoms with Gasteiger partial charge >= 0.3 is 5.97 Å². The molecule has 0 bridgehead atoms. The highest BCUT2D eigenvalue weighted by Gasteiger charge is 2.16. The first-order valence-electron chi connectivity index (χ1n) is 8.75. The lowest BCUT2D eigenvalue weighted by molar-refractivity contribution is -0.142. The summed E-state index contributed by atoms with van der Waals surface area (Å²) in [5.74, 6) is -0.378. The number of thiazole rings is 1. The normalized spacial score (nSPS) is 11.2. The van der Waals surface area contributed by atoms with Crippen molar-refractivity contribution in [2.45, 2.75) is 19.9 Å². The molecule has 8 heteroatoms. The first kappa shape index (κ1) is 18.6. The number of carbonyl (C=O) groups excluding carboxylic acids is 1. The zero-order valence-electron chi connectivity index (χ0n) is 15.0. The second kappa shape index (κ2) is 7.69. The number of ether oxygens (including phenoxy) is 1. The molecule has 6 nitrogen and oxygen atoms in total. The largest absolute Gasteiger partial charge is 0.466 e. The standard InChI is InChI=1S/C20H16ClN3O3S/c1-2-27-18(25)10-16-12-6-3-4-7-13(12)20(26)24(23-16)11-17-22-15-9-5-8-14(21)19(15)28-17/h3-9H,2,10-11H2,1H3. The fourth-order valence-corrected chi connectivity index (χ4v) is 4.28. The number of carbonyl (C=O) groups is 1. The zero-order chi connectivity index (χ0) is 19.7. The van der Waals surface area contributed by atoms with Gasteiger partial charge in [0.2, 0.25) is 0 Å². The van der Waals surface area contributed by atoms with E-state index in [1.165, 1.54) is 16.0 Å². The van der Waals surface area contributed by atoms with Crippen molar-refractivity contribution in [3.05, 3.63) is 68.5 Å². The molecule has 2 aromatic heterocycles. The van der Waals surface area contributed by atoms with Gasteiger partial charge in [0.05, 0.1) is 45.9 Å². The summed E-state index contributed by atoms with van der Waals surface area (Å²) in [5.41, 5.74) is 1.06. The lowest BCUT2D eigenvalue weighted by atomic mass is 10.1. The van der Waals surface area contributed by atoms with Crippen molar-refractivity contribution < 1.29 is 9.53 Å². The molecule has 28 heavy (non-hydrogen) atoms. The van der Waals surface area contributed by atoms with E-state index in [1.54, 1.807) is 25.1 Å². The Morgan fingerprint density at radius 1 is 1.18 bits per heavy atom. The highest BCUT2D eigenvalue weighted by atomic mass is 35.5. The average molecular weight is 414 g/mol. The summed E-state index contributed by atoms with van der Waals surface area (Å²) < 4.78 is 7.27. The molecule has 4 aromatic rings. The minimum atomic E-state index is -0.378. The van der Waals surface area contributed by atoms with Crippen LogP contribution in [0.5, 0.6) is 0 Å². The predicted molar refractivity (Wildman–Crippen MR) is 110 cm³/mol. The molecule has 0 saturated carbocycles. The molecule has 0 amide bonds. The van der Waals surface area contributed by atoms with Crippen LogP contribution in [0.3, 0.4) is 0 Å². The third-order valence-corrected chi connectivity index (χ3v) is 5.77. The topological polar surface area (TPSA) is 74.1 Å². The van der Waals surface area contributed by atoms with Crippen LogP contribution >= 0.6 is 22.9 Å². The van der Waals surface area contributed by atoms with Crippen molar-refractivity contribution in [3.63, 3.8) is 0 Å². The van der Waals surface area contributed by atoms with Gasteiger partial charge in [-0.2, -0.15) is 5.10 Å². The first-order valence-corrected chi connectivity index (χ1v) is 9.94. The summed E-state index contributed by atoms with van der Waals surface area (Å²) >= 11 is 7.66. The van der Waals surface area contributed by atoms with Crippen LogP contribution < -0.4 is 5.56 Å². The van der Waals surface area contributed by atoms with E-state index in [1.807, 2.05) is 24.3 Å². The van der Waals surface area contributed by atoms with Crippen molar-refractivity contribution >= 4 is 49.9 Å². The number of halogens is 1. The Morgan fingerprint density at radius 3 is 2.71 bits per heavy atom. The van der Waals surface area contributed by atoms with Crippen molar-refractivity contribution in [1.82, 2.24) is 14.8 Å². The Balaban J connectivity index is 1.79. The summed E-state index contributed by atoms with van der Waals surface area (Å²) in [6, 6.07) is 12.7. The molecule has 0 aliphatic heterocycles. The van der Waals surface area contributed by atoms with Crippen molar-refractivity contribution in [3.8, 4) is 0 Å². The molecule has 0 aliphatic carbocycles. The van der Waals surface area contributed by atoms with Crippen LogP contribution in [0, 0.1) is 0 Å². The SMILES string of the molecule is CCOC(=O)Cc1nn(Cc2nc3cccc(Cl)c3s2)c(=O)c2ccccc12. The van der Waals surface area contributed by atoms with Gasteiger partial charge < -0.3 is 4.74 Å². The molecule has 4 rings (SSSR count). The van der Waals surface area contributed by atoms with E-state index in [9.17, 15) is 9.59 Å². The molecule has 0 atom stereocenters. The number of nitrogens with zero attached hydrogens (tertiary/aromatic N) is 3. The Hall–Kier alpha value is -2.77. The zero-order valence-corrected chi connectivity index (χ0v) is 16.6. The summed E-state index contributed by atoms with van der Waals surface area (Å²) in [6.07, 6.45) is 0.000304. The van der Waals surface area contributed by atoms with Gasteiger partial charge in [0.15, 0.2) is 0 Å². The summed E-state index contributed by atoms with van der Waals surface area (Å²) in [4.78, 5) is 29.5. The van der Waals surface area contributed by atoms with E-state index in [-0.39, 0.29) is 24.5 Å². The molecule has 0 aliphatic rings. The van der Waals surface area contributed by atoms with Gasteiger partial charge in [0, 0.05) is 5.39 Å². The van der Waals surface area contributed by atoms with E-state index in [2.05, 4.69) is 10.1 Å². The number of hydrogen-bond acceptors (Lipinski definition) is 6. The molecular weight excluding hydrogens is 398 g/mol. The molecule has 2 aromatic carbocycles. The fourth-order valence-electron chi connectivity index (χ4n) is 3.05. The lowest BCUT2D eigenvalue weighted by Gasteiger charge is -2.10. The van der Waals surface area contributed by atoms with Crippen LogP contribution in [0.1, 0.15) is 17.6 Å². The molecule has 0 spiro atoms. The molecule has 0 unspecified atom stereocenters. The highest BCUT2D eigenvalue weighted by Crippen LogP contribution is 2.29. The average Bonchev–Trinajstić information content (AvgIpc) is 3.10. The minimum Gasteiger partial charge on any atom is -0.466 e. The van der Waals surface area contributed by atoms with Crippen LogP contribution in [0.4, 0.5) is 0 Å². The third kappa shape index (κ3) is 3.50. The maximum absolute atomic E-state index is 12.9. The highest BCUT2D eigenvalue weighted by molar-refractivity contribution is 7.19. The monoisotopic (exact) mass is 413 g/mol. The van der Waals surface area contributed by atoms with Gasteiger partial charge in [-0.1, -0.05) is 35.9 Å². The number of benzene rings is 2. The van der Waals surface area contributed by atoms with Gasteiger partial charge in [-0.05, 0) is 25.1 Å². The third-order valence-electron chi connectivity index (χ3n) is 4.26. The maximum atomic E-state index is 12.9. The summed E-state index contributed by atoms with van der Waals surface area (Å²) in [7, 11) is 0. The van der Waals surface area contributed by atoms with Crippen LogP contribution in [0.15, 0.2) is 47.3 Å². The van der Waals surface area contributed by atoms with Crippen LogP contribution in [0.2, 0.25) is 5.02 Å². The van der Waals surface area contributed by atoms with Crippen LogP contribution in [0.25, 0.3) is 21.0 Å². The second-order valence-corrected chi connectivity index (χ2v) is 7.62. The van der Waals surface area contributed by atoms with Crippen molar-refractivity contribution in [2.75, 3.05) is 6.61 Å². The molecule has 2 heterocycles.